The van der Waals surface area contributed by atoms with Gasteiger partial charge < -0.3 is 19.5 Å². The van der Waals surface area contributed by atoms with Crippen LogP contribution in [0.3, 0.4) is 0 Å². The van der Waals surface area contributed by atoms with Gasteiger partial charge in [0, 0.05) is 47.0 Å². The Bertz CT molecular complexity index is 2170. The molecule has 1 saturated carbocycles. The SMILES string of the molecule is C=C1[C@H]2N(C(=O)Cn3cc(C(C)=O)c4cc(-c5ccc6nc(C)nn6c5)cc(C)c43)[C@H](C(=O)Nc3nc(Br)ccc3COC)C[C@@]12C. The van der Waals surface area contributed by atoms with Gasteiger partial charge in [-0.25, -0.2) is 14.5 Å². The number of amides is 2. The van der Waals surface area contributed by atoms with Gasteiger partial charge in [-0.15, -0.1) is 0 Å². The number of carbonyl (C=O) groups excluding carboxylic acids is 3. The van der Waals surface area contributed by atoms with E-state index in [4.69, 9.17) is 4.74 Å². The van der Waals surface area contributed by atoms with E-state index in [-0.39, 0.29) is 42.2 Å². The van der Waals surface area contributed by atoms with E-state index in [2.05, 4.69) is 42.9 Å². The number of pyridine rings is 2. The molecule has 0 unspecified atom stereocenters. The summed E-state index contributed by atoms with van der Waals surface area (Å²) in [5.41, 5.74) is 6.17. The summed E-state index contributed by atoms with van der Waals surface area (Å²) in [6.45, 7) is 11.8. The summed E-state index contributed by atoms with van der Waals surface area (Å²) in [7, 11) is 1.58. The summed E-state index contributed by atoms with van der Waals surface area (Å²) in [5, 5.41) is 8.15. The molecule has 47 heavy (non-hydrogen) atoms. The Morgan fingerprint density at radius 1 is 1.11 bits per heavy atom. The van der Waals surface area contributed by atoms with Crippen molar-refractivity contribution in [3.05, 3.63) is 88.1 Å². The molecule has 240 valence electrons. The zero-order valence-electron chi connectivity index (χ0n) is 26.8. The highest BCUT2D eigenvalue weighted by Gasteiger charge is 2.67. The van der Waals surface area contributed by atoms with E-state index in [0.717, 1.165) is 44.4 Å². The smallest absolute Gasteiger partial charge is 0.248 e. The number of aryl methyl sites for hydroxylation is 2. The molecule has 4 aromatic heterocycles. The van der Waals surface area contributed by atoms with Gasteiger partial charge in [-0.1, -0.05) is 19.6 Å². The molecular formula is C35H34BrN7O4. The highest BCUT2D eigenvalue weighted by Crippen LogP contribution is 2.63. The normalized spacial score (nSPS) is 20.2. The third-order valence-corrected chi connectivity index (χ3v) is 9.95. The van der Waals surface area contributed by atoms with Crippen LogP contribution in [0.5, 0.6) is 0 Å². The summed E-state index contributed by atoms with van der Waals surface area (Å²) < 4.78 is 9.44. The highest BCUT2D eigenvalue weighted by atomic mass is 79.9. The van der Waals surface area contributed by atoms with Crippen LogP contribution in [0.15, 0.2) is 65.5 Å². The molecule has 0 radical (unpaired) electrons. The van der Waals surface area contributed by atoms with Crippen molar-refractivity contribution in [3.8, 4) is 11.1 Å². The number of benzene rings is 1. The first-order valence-electron chi connectivity index (χ1n) is 15.3. The van der Waals surface area contributed by atoms with Crippen LogP contribution in [-0.2, 0) is 27.5 Å². The number of aromatic nitrogens is 5. The lowest BCUT2D eigenvalue weighted by Crippen LogP contribution is -2.47. The molecule has 1 aromatic carbocycles. The van der Waals surface area contributed by atoms with Crippen molar-refractivity contribution < 1.29 is 19.1 Å². The van der Waals surface area contributed by atoms with Crippen molar-refractivity contribution in [1.29, 1.82) is 0 Å². The molecule has 2 amide bonds. The van der Waals surface area contributed by atoms with Crippen molar-refractivity contribution in [2.75, 3.05) is 12.4 Å². The molecular weight excluding hydrogens is 662 g/mol. The van der Waals surface area contributed by atoms with Crippen LogP contribution in [0.4, 0.5) is 5.82 Å². The van der Waals surface area contributed by atoms with E-state index in [0.29, 0.717) is 28.2 Å². The second-order valence-corrected chi connectivity index (χ2v) is 13.5. The monoisotopic (exact) mass is 695 g/mol. The van der Waals surface area contributed by atoms with E-state index in [9.17, 15) is 14.4 Å². The number of likely N-dealkylation sites (tertiary alicyclic amines) is 1. The predicted molar refractivity (Wildman–Crippen MR) is 181 cm³/mol. The Morgan fingerprint density at radius 3 is 2.64 bits per heavy atom. The van der Waals surface area contributed by atoms with Gasteiger partial charge in [0.25, 0.3) is 0 Å². The number of piperidine rings is 1. The Hall–Kier alpha value is -4.68. The summed E-state index contributed by atoms with van der Waals surface area (Å²) in [5.74, 6) is 0.428. The third kappa shape index (κ3) is 5.16. The van der Waals surface area contributed by atoms with Crippen LogP contribution in [0.1, 0.15) is 47.6 Å². The van der Waals surface area contributed by atoms with Crippen molar-refractivity contribution in [1.82, 2.24) is 29.0 Å². The Kier molecular flexibility index (Phi) is 7.40. The molecule has 5 heterocycles. The topological polar surface area (TPSA) is 124 Å². The van der Waals surface area contributed by atoms with E-state index >= 15 is 0 Å². The van der Waals surface area contributed by atoms with Gasteiger partial charge >= 0.3 is 0 Å². The average molecular weight is 697 g/mol. The van der Waals surface area contributed by atoms with Crippen LogP contribution in [0.2, 0.25) is 0 Å². The van der Waals surface area contributed by atoms with Crippen molar-refractivity contribution in [2.24, 2.45) is 5.41 Å². The number of hydrogen-bond acceptors (Lipinski definition) is 7. The second-order valence-electron chi connectivity index (χ2n) is 12.7. The van der Waals surface area contributed by atoms with Gasteiger partial charge in [-0.05, 0) is 90.2 Å². The number of nitrogens with zero attached hydrogens (tertiary/aromatic N) is 6. The molecule has 1 saturated heterocycles. The van der Waals surface area contributed by atoms with Crippen molar-refractivity contribution in [2.45, 2.75) is 59.4 Å². The molecule has 2 aliphatic rings. The standard InChI is InChI=1S/C35H34BrN7O4/c1-18-11-24(22-8-10-29-37-21(4)40-42(29)14-22)12-25-26(20(3)44)15-41(31(18)25)16-30(45)43-27(13-35(5)19(2)32(35)43)34(46)39-33-23(17-47-6)7-9-28(36)38-33/h7-12,14-15,27,32H,2,13,16-17H2,1,3-6H3,(H,38,39,46)/t27-,32+,35-/m0/s1. The second kappa shape index (κ2) is 11.2. The average Bonchev–Trinajstić information content (AvgIpc) is 3.42. The molecule has 0 spiro atoms. The number of anilines is 1. The zero-order valence-corrected chi connectivity index (χ0v) is 28.4. The Labute approximate surface area is 279 Å². The molecule has 1 aliphatic heterocycles. The molecule has 5 aromatic rings. The van der Waals surface area contributed by atoms with Gasteiger partial charge in [-0.2, -0.15) is 5.10 Å². The van der Waals surface area contributed by atoms with E-state index < -0.39 is 6.04 Å². The number of nitrogens with one attached hydrogen (secondary N) is 1. The van der Waals surface area contributed by atoms with Crippen molar-refractivity contribution in [3.63, 3.8) is 0 Å². The quantitative estimate of drug-likeness (QED) is 0.126. The summed E-state index contributed by atoms with van der Waals surface area (Å²) >= 11 is 3.38. The zero-order chi connectivity index (χ0) is 33.4. The van der Waals surface area contributed by atoms with Crippen LogP contribution in [0.25, 0.3) is 27.7 Å². The Balaban J connectivity index is 1.22. The fourth-order valence-corrected chi connectivity index (χ4v) is 7.45. The molecule has 2 fully saturated rings. The minimum atomic E-state index is -0.712. The fourth-order valence-electron chi connectivity index (χ4n) is 7.14. The molecule has 7 rings (SSSR count). The molecule has 12 heteroatoms. The van der Waals surface area contributed by atoms with Gasteiger partial charge in [0.2, 0.25) is 11.8 Å². The number of rotatable bonds is 8. The Morgan fingerprint density at radius 2 is 1.89 bits per heavy atom. The van der Waals surface area contributed by atoms with Crippen molar-refractivity contribution >= 4 is 55.9 Å². The highest BCUT2D eigenvalue weighted by molar-refractivity contribution is 9.10. The number of methoxy groups -OCH3 is 1. The lowest BCUT2D eigenvalue weighted by molar-refractivity contribution is -0.138. The molecule has 1 N–H and O–H groups in total. The van der Waals surface area contributed by atoms with Crippen LogP contribution in [-0.4, -0.2) is 65.8 Å². The van der Waals surface area contributed by atoms with Gasteiger partial charge in [0.1, 0.15) is 28.8 Å². The number of hydrogen-bond donors (Lipinski definition) is 1. The van der Waals surface area contributed by atoms with Crippen LogP contribution >= 0.6 is 15.9 Å². The van der Waals surface area contributed by atoms with E-state index in [1.54, 1.807) is 28.8 Å². The third-order valence-electron chi connectivity index (χ3n) is 9.51. The molecule has 1 aliphatic carbocycles. The maximum Gasteiger partial charge on any atom is 0.248 e. The number of ether oxygens (including phenoxy) is 1. The predicted octanol–water partition coefficient (Wildman–Crippen LogP) is 5.66. The van der Waals surface area contributed by atoms with E-state index in [1.165, 1.54) is 6.92 Å². The first-order valence-corrected chi connectivity index (χ1v) is 16.1. The first-order chi connectivity index (χ1) is 22.4. The number of halogens is 1. The minimum absolute atomic E-state index is 0.0398. The minimum Gasteiger partial charge on any atom is -0.380 e. The fraction of sp³-hybridized carbons (Fsp3) is 0.314. The maximum atomic E-state index is 14.2. The lowest BCUT2D eigenvalue weighted by atomic mass is 9.99. The lowest BCUT2D eigenvalue weighted by Gasteiger charge is -2.27. The largest absolute Gasteiger partial charge is 0.380 e. The maximum absolute atomic E-state index is 14.2. The first kappa shape index (κ1) is 30.9. The van der Waals surface area contributed by atoms with Crippen LogP contribution in [0, 0.1) is 19.3 Å². The summed E-state index contributed by atoms with van der Waals surface area (Å²) in [6, 6.07) is 10.6. The van der Waals surface area contributed by atoms with Crippen LogP contribution < -0.4 is 5.32 Å². The molecule has 11 nitrogen and oxygen atoms in total. The number of Topliss-reactive ketones (excluding diaryl/α,β-unsaturated/α-hetero) is 1. The summed E-state index contributed by atoms with van der Waals surface area (Å²) in [6.07, 6.45) is 4.13. The van der Waals surface area contributed by atoms with Gasteiger partial charge in [0.15, 0.2) is 11.4 Å². The summed E-state index contributed by atoms with van der Waals surface area (Å²) in [4.78, 5) is 51.4. The number of fused-ring (bicyclic) bond motifs is 3. The molecule has 0 bridgehead atoms. The van der Waals surface area contributed by atoms with Gasteiger partial charge in [0.05, 0.1) is 18.2 Å². The van der Waals surface area contributed by atoms with Gasteiger partial charge in [-0.3, -0.25) is 14.4 Å². The molecule has 3 atom stereocenters. The number of carbonyl (C=O) groups is 3. The van der Waals surface area contributed by atoms with E-state index in [1.807, 2.05) is 61.9 Å². The number of ketones is 1.